The number of primary amides is 1. The van der Waals surface area contributed by atoms with Crippen LogP contribution in [0.1, 0.15) is 37.0 Å². The zero-order chi connectivity index (χ0) is 15.4. The van der Waals surface area contributed by atoms with Crippen LogP contribution in [0.5, 0.6) is 0 Å². The number of hydrogen-bond acceptors (Lipinski definition) is 4. The van der Waals surface area contributed by atoms with Gasteiger partial charge in [-0.2, -0.15) is 0 Å². The van der Waals surface area contributed by atoms with Crippen LogP contribution in [0.2, 0.25) is 0 Å². The lowest BCUT2D eigenvalue weighted by Gasteiger charge is -2.22. The van der Waals surface area contributed by atoms with Gasteiger partial charge in [-0.15, -0.1) is 0 Å². The summed E-state index contributed by atoms with van der Waals surface area (Å²) in [4.78, 5) is 10.9. The Kier molecular flexibility index (Phi) is 5.27. The molecule has 6 nitrogen and oxygen atoms in total. The van der Waals surface area contributed by atoms with Gasteiger partial charge in [-0.1, -0.05) is 13.3 Å². The zero-order valence-electron chi connectivity index (χ0n) is 11.6. The molecule has 0 aliphatic rings. The predicted molar refractivity (Wildman–Crippen MR) is 75.7 cm³/mol. The van der Waals surface area contributed by atoms with Crippen LogP contribution in [-0.2, 0) is 10.0 Å². The highest BCUT2D eigenvalue weighted by atomic mass is 32.2. The van der Waals surface area contributed by atoms with E-state index in [1.165, 1.54) is 24.3 Å². The van der Waals surface area contributed by atoms with Crippen LogP contribution in [0.25, 0.3) is 0 Å². The standard InChI is InChI=1S/C13H20N2O4S/c1-3-8-13(2,17)9-15-20(18,19)11-6-4-10(5-7-11)12(14)16/h4-7,15,17H,3,8-9H2,1-2H3,(H2,14,16). The lowest BCUT2D eigenvalue weighted by atomic mass is 10.0. The first-order chi connectivity index (χ1) is 9.18. The summed E-state index contributed by atoms with van der Waals surface area (Å²) in [6.45, 7) is 3.42. The van der Waals surface area contributed by atoms with Crippen molar-refractivity contribution < 1.29 is 18.3 Å². The molecule has 7 heteroatoms. The Morgan fingerprint density at radius 3 is 2.35 bits per heavy atom. The van der Waals surface area contributed by atoms with Crippen LogP contribution in [-0.4, -0.2) is 31.6 Å². The second-order valence-electron chi connectivity index (χ2n) is 4.96. The fourth-order valence-electron chi connectivity index (χ4n) is 1.76. The Labute approximate surface area is 119 Å². The van der Waals surface area contributed by atoms with Crippen LogP contribution < -0.4 is 10.5 Å². The molecule has 0 bridgehead atoms. The number of nitrogens with two attached hydrogens (primary N) is 1. The molecule has 0 aliphatic carbocycles. The Bertz CT molecular complexity index is 565. The second kappa shape index (κ2) is 6.34. The molecule has 0 fully saturated rings. The quantitative estimate of drug-likeness (QED) is 0.685. The monoisotopic (exact) mass is 300 g/mol. The summed E-state index contributed by atoms with van der Waals surface area (Å²) >= 11 is 0. The molecule has 0 heterocycles. The molecule has 0 saturated heterocycles. The Morgan fingerprint density at radius 2 is 1.90 bits per heavy atom. The van der Waals surface area contributed by atoms with Crippen molar-refractivity contribution in [2.24, 2.45) is 5.73 Å². The number of nitrogens with one attached hydrogen (secondary N) is 1. The predicted octanol–water partition coefficient (Wildman–Crippen LogP) is 0.615. The van der Waals surface area contributed by atoms with Gasteiger partial charge >= 0.3 is 0 Å². The maximum absolute atomic E-state index is 12.0. The fourth-order valence-corrected chi connectivity index (χ4v) is 2.92. The van der Waals surface area contributed by atoms with Gasteiger partial charge in [-0.25, -0.2) is 13.1 Å². The molecule has 0 aliphatic heterocycles. The molecular weight excluding hydrogens is 280 g/mol. The summed E-state index contributed by atoms with van der Waals surface area (Å²) in [6.07, 6.45) is 1.25. The van der Waals surface area contributed by atoms with Crippen molar-refractivity contribution in [1.82, 2.24) is 4.72 Å². The first kappa shape index (κ1) is 16.6. The molecule has 0 saturated carbocycles. The van der Waals surface area contributed by atoms with Crippen molar-refractivity contribution in [2.75, 3.05) is 6.54 Å². The number of carbonyl (C=O) groups excluding carboxylic acids is 1. The van der Waals surface area contributed by atoms with Crippen molar-refractivity contribution >= 4 is 15.9 Å². The molecule has 1 aromatic carbocycles. The average Bonchev–Trinajstić information content (AvgIpc) is 2.37. The van der Waals surface area contributed by atoms with Crippen molar-refractivity contribution in [1.29, 1.82) is 0 Å². The average molecular weight is 300 g/mol. The smallest absolute Gasteiger partial charge is 0.248 e. The number of sulfonamides is 1. The molecule has 1 rings (SSSR count). The minimum Gasteiger partial charge on any atom is -0.389 e. The summed E-state index contributed by atoms with van der Waals surface area (Å²) in [5.41, 5.74) is 4.23. The van der Waals surface area contributed by atoms with Crippen molar-refractivity contribution in [3.8, 4) is 0 Å². The third kappa shape index (κ3) is 4.59. The molecule has 0 radical (unpaired) electrons. The molecule has 1 aromatic rings. The van der Waals surface area contributed by atoms with E-state index in [1.807, 2.05) is 6.92 Å². The SMILES string of the molecule is CCCC(C)(O)CNS(=O)(=O)c1ccc(C(N)=O)cc1. The highest BCUT2D eigenvalue weighted by Gasteiger charge is 2.23. The van der Waals surface area contributed by atoms with E-state index in [1.54, 1.807) is 6.92 Å². The summed E-state index contributed by atoms with van der Waals surface area (Å²) in [6, 6.07) is 5.30. The van der Waals surface area contributed by atoms with Gasteiger partial charge in [0.05, 0.1) is 10.5 Å². The number of aliphatic hydroxyl groups is 1. The summed E-state index contributed by atoms with van der Waals surface area (Å²) in [5.74, 6) is -0.618. The lowest BCUT2D eigenvalue weighted by Crippen LogP contribution is -2.40. The largest absolute Gasteiger partial charge is 0.389 e. The van der Waals surface area contributed by atoms with Crippen molar-refractivity contribution in [3.63, 3.8) is 0 Å². The molecule has 0 aromatic heterocycles. The van der Waals surface area contributed by atoms with Gasteiger partial charge in [-0.05, 0) is 37.6 Å². The van der Waals surface area contributed by atoms with E-state index >= 15 is 0 Å². The Hall–Kier alpha value is -1.44. The van der Waals surface area contributed by atoms with Crippen molar-refractivity contribution in [3.05, 3.63) is 29.8 Å². The number of carbonyl (C=O) groups is 1. The van der Waals surface area contributed by atoms with Gasteiger partial charge < -0.3 is 10.8 Å². The highest BCUT2D eigenvalue weighted by Crippen LogP contribution is 2.14. The van der Waals surface area contributed by atoms with Gasteiger partial charge in [0.2, 0.25) is 15.9 Å². The normalized spacial score (nSPS) is 14.8. The van der Waals surface area contributed by atoms with E-state index in [0.717, 1.165) is 6.42 Å². The maximum atomic E-state index is 12.0. The molecule has 0 spiro atoms. The van der Waals surface area contributed by atoms with Crippen LogP contribution in [0, 0.1) is 0 Å². The molecular formula is C13H20N2O4S. The lowest BCUT2D eigenvalue weighted by molar-refractivity contribution is 0.0554. The third-order valence-corrected chi connectivity index (χ3v) is 4.30. The minimum atomic E-state index is -3.72. The first-order valence-corrected chi connectivity index (χ1v) is 7.78. The van der Waals surface area contributed by atoms with E-state index in [9.17, 15) is 18.3 Å². The summed E-state index contributed by atoms with van der Waals surface area (Å²) < 4.78 is 26.4. The Morgan fingerprint density at radius 1 is 1.35 bits per heavy atom. The van der Waals surface area contributed by atoms with Gasteiger partial charge in [0.1, 0.15) is 0 Å². The summed E-state index contributed by atoms with van der Waals surface area (Å²) in [5, 5.41) is 9.95. The van der Waals surface area contributed by atoms with Gasteiger partial charge in [0, 0.05) is 12.1 Å². The van der Waals surface area contributed by atoms with E-state index in [4.69, 9.17) is 5.73 Å². The van der Waals surface area contributed by atoms with Gasteiger partial charge in [0.15, 0.2) is 0 Å². The van der Waals surface area contributed by atoms with Crippen LogP contribution >= 0.6 is 0 Å². The first-order valence-electron chi connectivity index (χ1n) is 6.30. The van der Waals surface area contributed by atoms with Gasteiger partial charge in [0.25, 0.3) is 0 Å². The molecule has 1 unspecified atom stereocenters. The van der Waals surface area contributed by atoms with E-state index in [0.29, 0.717) is 6.42 Å². The summed E-state index contributed by atoms with van der Waals surface area (Å²) in [7, 11) is -3.72. The number of rotatable bonds is 7. The molecule has 4 N–H and O–H groups in total. The minimum absolute atomic E-state index is 0.0230. The van der Waals surface area contributed by atoms with Crippen molar-refractivity contribution in [2.45, 2.75) is 37.2 Å². The second-order valence-corrected chi connectivity index (χ2v) is 6.73. The zero-order valence-corrected chi connectivity index (χ0v) is 12.4. The molecule has 112 valence electrons. The molecule has 1 amide bonds. The number of benzene rings is 1. The van der Waals surface area contributed by atoms with Crippen LogP contribution in [0.4, 0.5) is 0 Å². The van der Waals surface area contributed by atoms with Crippen LogP contribution in [0.15, 0.2) is 29.2 Å². The topological polar surface area (TPSA) is 109 Å². The van der Waals surface area contributed by atoms with E-state index in [2.05, 4.69) is 4.72 Å². The van der Waals surface area contributed by atoms with Gasteiger partial charge in [-0.3, -0.25) is 4.79 Å². The molecule has 20 heavy (non-hydrogen) atoms. The molecule has 1 atom stereocenters. The van der Waals surface area contributed by atoms with E-state index in [-0.39, 0.29) is 17.0 Å². The maximum Gasteiger partial charge on any atom is 0.248 e. The van der Waals surface area contributed by atoms with Crippen LogP contribution in [0.3, 0.4) is 0 Å². The Balaban J connectivity index is 2.81. The number of amides is 1. The third-order valence-electron chi connectivity index (χ3n) is 2.88. The van der Waals surface area contributed by atoms with E-state index < -0.39 is 21.5 Å². The fraction of sp³-hybridized carbons (Fsp3) is 0.462. The highest BCUT2D eigenvalue weighted by molar-refractivity contribution is 7.89. The number of hydrogen-bond donors (Lipinski definition) is 3.